The van der Waals surface area contributed by atoms with Crippen LogP contribution >= 0.6 is 11.6 Å². The molecule has 0 saturated heterocycles. The summed E-state index contributed by atoms with van der Waals surface area (Å²) >= 11 is 5.90. The number of furan rings is 1. The van der Waals surface area contributed by atoms with Crippen LogP contribution < -0.4 is 5.73 Å². The van der Waals surface area contributed by atoms with Crippen molar-refractivity contribution in [1.29, 1.82) is 0 Å². The number of allylic oxidation sites excluding steroid dienone is 1. The predicted molar refractivity (Wildman–Crippen MR) is 70.8 cm³/mol. The first kappa shape index (κ1) is 11.5. The van der Waals surface area contributed by atoms with E-state index in [2.05, 4.69) is 0 Å². The van der Waals surface area contributed by atoms with Gasteiger partial charge in [0.25, 0.3) is 0 Å². The van der Waals surface area contributed by atoms with Crippen molar-refractivity contribution in [2.24, 2.45) is 11.7 Å². The molecule has 1 aliphatic rings. The van der Waals surface area contributed by atoms with Gasteiger partial charge in [-0.1, -0.05) is 23.8 Å². The quantitative estimate of drug-likeness (QED) is 0.667. The number of Topliss-reactive ketones (excluding diaryl/α,β-unsaturated/α-hetero) is 1. The Kier molecular flexibility index (Phi) is 2.73. The molecule has 0 saturated carbocycles. The second-order valence-electron chi connectivity index (χ2n) is 4.55. The standard InChI is InChI=1S/C14H12ClNO2/c15-10-2-4-12-9(5-10)7-13(18-12)14(17)8-1-3-11(16)6-8/h1-5,7-8,11H,6,16H2. The zero-order chi connectivity index (χ0) is 12.7. The third-order valence-electron chi connectivity index (χ3n) is 3.17. The number of carbonyl (C=O) groups excluding carboxylic acids is 1. The molecule has 92 valence electrons. The smallest absolute Gasteiger partial charge is 0.204 e. The molecule has 2 N–H and O–H groups in total. The fourth-order valence-electron chi connectivity index (χ4n) is 2.24. The van der Waals surface area contributed by atoms with Gasteiger partial charge in [-0.15, -0.1) is 0 Å². The Hall–Kier alpha value is -1.58. The van der Waals surface area contributed by atoms with Crippen LogP contribution in [0.15, 0.2) is 40.8 Å². The molecule has 0 aliphatic heterocycles. The maximum atomic E-state index is 12.2. The summed E-state index contributed by atoms with van der Waals surface area (Å²) < 4.78 is 5.55. The number of ketones is 1. The first-order valence-corrected chi connectivity index (χ1v) is 6.18. The molecule has 0 amide bonds. The van der Waals surface area contributed by atoms with E-state index in [9.17, 15) is 4.79 Å². The van der Waals surface area contributed by atoms with Gasteiger partial charge in [-0.2, -0.15) is 0 Å². The van der Waals surface area contributed by atoms with Gasteiger partial charge in [-0.05, 0) is 30.7 Å². The second kappa shape index (κ2) is 4.26. The Labute approximate surface area is 109 Å². The van der Waals surface area contributed by atoms with Crippen LogP contribution in [-0.2, 0) is 0 Å². The first-order chi connectivity index (χ1) is 8.63. The van der Waals surface area contributed by atoms with E-state index in [4.69, 9.17) is 21.8 Å². The fourth-order valence-corrected chi connectivity index (χ4v) is 2.42. The van der Waals surface area contributed by atoms with Gasteiger partial charge in [0.1, 0.15) is 5.58 Å². The Balaban J connectivity index is 1.94. The zero-order valence-corrected chi connectivity index (χ0v) is 10.4. The number of hydrogen-bond acceptors (Lipinski definition) is 3. The lowest BCUT2D eigenvalue weighted by Crippen LogP contribution is -2.18. The van der Waals surface area contributed by atoms with Crippen LogP contribution in [0.2, 0.25) is 5.02 Å². The Morgan fingerprint density at radius 2 is 2.17 bits per heavy atom. The number of benzene rings is 1. The highest BCUT2D eigenvalue weighted by Crippen LogP contribution is 2.27. The number of carbonyl (C=O) groups is 1. The van der Waals surface area contributed by atoms with E-state index in [0.29, 0.717) is 22.8 Å². The van der Waals surface area contributed by atoms with Crippen LogP contribution in [0.25, 0.3) is 11.0 Å². The lowest BCUT2D eigenvalue weighted by atomic mass is 10.0. The second-order valence-corrected chi connectivity index (χ2v) is 4.98. The average Bonchev–Trinajstić information content (AvgIpc) is 2.93. The normalized spacial score (nSPS) is 22.8. The highest BCUT2D eigenvalue weighted by Gasteiger charge is 2.26. The number of nitrogens with two attached hydrogens (primary N) is 1. The van der Waals surface area contributed by atoms with Gasteiger partial charge >= 0.3 is 0 Å². The van der Waals surface area contributed by atoms with E-state index in [0.717, 1.165) is 5.39 Å². The van der Waals surface area contributed by atoms with Crippen LogP contribution in [0, 0.1) is 5.92 Å². The summed E-state index contributed by atoms with van der Waals surface area (Å²) in [5, 5.41) is 1.47. The van der Waals surface area contributed by atoms with Crippen molar-refractivity contribution in [2.45, 2.75) is 12.5 Å². The summed E-state index contributed by atoms with van der Waals surface area (Å²) in [7, 11) is 0. The third kappa shape index (κ3) is 1.96. The summed E-state index contributed by atoms with van der Waals surface area (Å²) in [6.07, 6.45) is 4.37. The summed E-state index contributed by atoms with van der Waals surface area (Å²) in [4.78, 5) is 12.2. The van der Waals surface area contributed by atoms with E-state index in [1.807, 2.05) is 12.2 Å². The van der Waals surface area contributed by atoms with Crippen molar-refractivity contribution < 1.29 is 9.21 Å². The largest absolute Gasteiger partial charge is 0.453 e. The molecule has 3 nitrogen and oxygen atoms in total. The molecule has 1 aromatic heterocycles. The molecule has 0 radical (unpaired) electrons. The van der Waals surface area contributed by atoms with Crippen molar-refractivity contribution in [3.63, 3.8) is 0 Å². The summed E-state index contributed by atoms with van der Waals surface area (Å²) in [5.74, 6) is 0.179. The van der Waals surface area contributed by atoms with Crippen molar-refractivity contribution in [1.82, 2.24) is 0 Å². The molecule has 0 fully saturated rings. The van der Waals surface area contributed by atoms with Crippen molar-refractivity contribution in [2.75, 3.05) is 0 Å². The zero-order valence-electron chi connectivity index (χ0n) is 9.60. The molecule has 0 bridgehead atoms. The van der Waals surface area contributed by atoms with Gasteiger partial charge in [-0.3, -0.25) is 4.79 Å². The number of halogens is 1. The molecule has 2 aromatic rings. The lowest BCUT2D eigenvalue weighted by Gasteiger charge is -2.05. The van der Waals surface area contributed by atoms with Gasteiger partial charge < -0.3 is 10.2 Å². The predicted octanol–water partition coefficient (Wildman–Crippen LogP) is 3.17. The molecule has 3 rings (SSSR count). The van der Waals surface area contributed by atoms with Crippen LogP contribution in [-0.4, -0.2) is 11.8 Å². The van der Waals surface area contributed by atoms with Gasteiger partial charge in [0.15, 0.2) is 5.76 Å². The average molecular weight is 262 g/mol. The van der Waals surface area contributed by atoms with E-state index in [-0.39, 0.29) is 17.7 Å². The Bertz CT molecular complexity index is 644. The molecule has 2 unspecified atom stereocenters. The van der Waals surface area contributed by atoms with Crippen molar-refractivity contribution in [3.05, 3.63) is 47.2 Å². The topological polar surface area (TPSA) is 56.2 Å². The summed E-state index contributed by atoms with van der Waals surface area (Å²) in [5.41, 5.74) is 6.42. The van der Waals surface area contributed by atoms with Crippen LogP contribution in [0.4, 0.5) is 0 Å². The summed E-state index contributed by atoms with van der Waals surface area (Å²) in [6.45, 7) is 0. The Morgan fingerprint density at radius 1 is 1.33 bits per heavy atom. The van der Waals surface area contributed by atoms with Crippen LogP contribution in [0.1, 0.15) is 17.0 Å². The molecular weight excluding hydrogens is 250 g/mol. The minimum Gasteiger partial charge on any atom is -0.453 e. The lowest BCUT2D eigenvalue weighted by molar-refractivity contribution is 0.0917. The maximum Gasteiger partial charge on any atom is 0.204 e. The molecule has 2 atom stereocenters. The molecule has 18 heavy (non-hydrogen) atoms. The monoisotopic (exact) mass is 261 g/mol. The molecule has 1 heterocycles. The van der Waals surface area contributed by atoms with Crippen LogP contribution in [0.5, 0.6) is 0 Å². The van der Waals surface area contributed by atoms with Gasteiger partial charge in [0.2, 0.25) is 5.78 Å². The van der Waals surface area contributed by atoms with Crippen LogP contribution in [0.3, 0.4) is 0 Å². The minimum absolute atomic E-state index is 0.0217. The fraction of sp³-hybridized carbons (Fsp3) is 0.214. The number of fused-ring (bicyclic) bond motifs is 1. The maximum absolute atomic E-state index is 12.2. The van der Waals surface area contributed by atoms with E-state index in [1.165, 1.54) is 0 Å². The highest BCUT2D eigenvalue weighted by molar-refractivity contribution is 6.31. The SMILES string of the molecule is NC1C=CC(C(=O)c2cc3cc(Cl)ccc3o2)C1. The molecule has 4 heteroatoms. The van der Waals surface area contributed by atoms with E-state index < -0.39 is 0 Å². The molecule has 1 aromatic carbocycles. The van der Waals surface area contributed by atoms with Crippen molar-refractivity contribution in [3.8, 4) is 0 Å². The van der Waals surface area contributed by atoms with Gasteiger partial charge in [0.05, 0.1) is 0 Å². The molecular formula is C14H12ClNO2. The number of hydrogen-bond donors (Lipinski definition) is 1. The van der Waals surface area contributed by atoms with E-state index in [1.54, 1.807) is 24.3 Å². The number of rotatable bonds is 2. The van der Waals surface area contributed by atoms with Gasteiger partial charge in [0, 0.05) is 22.4 Å². The van der Waals surface area contributed by atoms with Gasteiger partial charge in [-0.25, -0.2) is 0 Å². The van der Waals surface area contributed by atoms with Crippen molar-refractivity contribution >= 4 is 28.4 Å². The molecule has 0 spiro atoms. The minimum atomic E-state index is -0.170. The highest BCUT2D eigenvalue weighted by atomic mass is 35.5. The summed E-state index contributed by atoms with van der Waals surface area (Å²) in [6, 6.07) is 7.00. The first-order valence-electron chi connectivity index (χ1n) is 5.81. The third-order valence-corrected chi connectivity index (χ3v) is 3.41. The van der Waals surface area contributed by atoms with E-state index >= 15 is 0 Å². The Morgan fingerprint density at radius 3 is 2.89 bits per heavy atom. The molecule has 1 aliphatic carbocycles.